The molecule has 22 rings (SSSR count). The van der Waals surface area contributed by atoms with Gasteiger partial charge in [0.15, 0.2) is 90.8 Å². The van der Waals surface area contributed by atoms with Crippen molar-refractivity contribution < 1.29 is 162 Å². The molecule has 6 aromatic carbocycles. The van der Waals surface area contributed by atoms with Crippen LogP contribution in [0, 0.1) is 32.1 Å². The molecule has 14 aliphatic rings. The van der Waals surface area contributed by atoms with Gasteiger partial charge < -0.3 is 67.5 Å². The second-order valence-corrected chi connectivity index (χ2v) is 42.8. The van der Waals surface area contributed by atoms with Crippen molar-refractivity contribution in [1.82, 2.24) is 0 Å². The van der Waals surface area contributed by atoms with Crippen molar-refractivity contribution in [2.75, 3.05) is 34.2 Å². The van der Waals surface area contributed by atoms with E-state index in [1.54, 1.807) is 96.5 Å². The van der Waals surface area contributed by atoms with E-state index in [9.17, 15) is 120 Å². The van der Waals surface area contributed by atoms with E-state index < -0.39 is 137 Å². The Morgan fingerprint density at radius 1 is 0.432 bits per heavy atom. The third-order valence-electron chi connectivity index (χ3n) is 31.0. The number of sulfone groups is 1. The molecule has 7 atom stereocenters. The smallest absolute Gasteiger partial charge is 0.371 e. The fourth-order valence-electron chi connectivity index (χ4n) is 24.0. The summed E-state index contributed by atoms with van der Waals surface area (Å²) in [5, 5.41) is 52.1. The molecule has 0 radical (unpaired) electrons. The zero-order valence-corrected chi connectivity index (χ0v) is 85.2. The van der Waals surface area contributed by atoms with Gasteiger partial charge in [0.25, 0.3) is 5.79 Å². The number of allylic oxidation sites excluding steroid dienone is 6. The largest absolute Gasteiger partial charge is 0.507 e. The van der Waals surface area contributed by atoms with Gasteiger partial charge >= 0.3 is 23.7 Å². The first-order chi connectivity index (χ1) is 69.4. The van der Waals surface area contributed by atoms with Crippen molar-refractivity contribution in [2.45, 2.75) is 220 Å². The lowest BCUT2D eigenvalue weighted by atomic mass is 9.60. The Labute approximate surface area is 846 Å². The van der Waals surface area contributed by atoms with Gasteiger partial charge in [-0.3, -0.25) is 71.9 Å². The van der Waals surface area contributed by atoms with Crippen LogP contribution in [0.15, 0.2) is 139 Å². The number of aliphatic hydroxyl groups is 1. The monoisotopic (exact) mass is 2040 g/mol. The number of phenols is 4. The molecule has 34 nitrogen and oxygen atoms in total. The average Bonchev–Trinajstić information content (AvgIpc) is 1.56. The molecule has 148 heavy (non-hydrogen) atoms. The minimum atomic E-state index is -3.80. The number of carbonyl (C=O) groups is 18. The molecule has 5 N–H and O–H groups in total. The predicted octanol–water partition coefficient (Wildman–Crippen LogP) is 14.1. The minimum absolute atomic E-state index is 0.00552. The number of methoxy groups -OCH3 is 4. The number of esters is 3. The van der Waals surface area contributed by atoms with Crippen molar-refractivity contribution in [3.05, 3.63) is 286 Å². The maximum absolute atomic E-state index is 13.4. The van der Waals surface area contributed by atoms with Gasteiger partial charge in [-0.2, -0.15) is 0 Å². The van der Waals surface area contributed by atoms with Crippen LogP contribution in [0.5, 0.6) is 23.0 Å². The van der Waals surface area contributed by atoms with E-state index in [2.05, 4.69) is 11.7 Å². The molecule has 0 saturated carbocycles. The summed E-state index contributed by atoms with van der Waals surface area (Å²) >= 11 is 0. The van der Waals surface area contributed by atoms with Crippen LogP contribution in [0.25, 0.3) is 0 Å². The number of furan rings is 2. The van der Waals surface area contributed by atoms with Gasteiger partial charge in [-0.25, -0.2) is 22.8 Å². The van der Waals surface area contributed by atoms with Gasteiger partial charge in [0.2, 0.25) is 23.0 Å². The van der Waals surface area contributed by atoms with Gasteiger partial charge in [0.05, 0.1) is 90.1 Å². The first-order valence-corrected chi connectivity index (χ1v) is 49.7. The Balaban J connectivity index is 0.000000123. The molecule has 8 aromatic rings. The Morgan fingerprint density at radius 2 is 0.872 bits per heavy atom. The zero-order chi connectivity index (χ0) is 108. The number of benzene rings is 6. The summed E-state index contributed by atoms with van der Waals surface area (Å²) in [5.74, 6) is -16.3. The molecule has 0 bridgehead atoms. The molecule has 35 heteroatoms. The highest BCUT2D eigenvalue weighted by Gasteiger charge is 2.68. The number of ketones is 15. The zero-order valence-electron chi connectivity index (χ0n) is 84.4. The second-order valence-electron chi connectivity index (χ2n) is 40.8. The van der Waals surface area contributed by atoms with Gasteiger partial charge in [-0.05, 0) is 254 Å². The van der Waals surface area contributed by atoms with Crippen LogP contribution in [0.2, 0.25) is 0 Å². The molecule has 7 unspecified atom stereocenters. The summed E-state index contributed by atoms with van der Waals surface area (Å²) in [5.41, 5.74) is 3.59. The highest BCUT2D eigenvalue weighted by atomic mass is 32.2. The number of phenolic OH excluding ortho intramolecular Hbond substituents is 4. The third-order valence-corrected chi connectivity index (χ3v) is 32.9. The number of hydrogen-bond donors (Lipinski definition) is 5. The predicted molar refractivity (Wildman–Crippen MR) is 522 cm³/mol. The topological polar surface area (TPSA) is 533 Å². The Morgan fingerprint density at radius 3 is 1.36 bits per heavy atom. The molecule has 0 spiro atoms. The van der Waals surface area contributed by atoms with Gasteiger partial charge in [0, 0.05) is 107 Å². The van der Waals surface area contributed by atoms with E-state index in [0.717, 1.165) is 93.2 Å². The maximum Gasteiger partial charge on any atom is 0.371 e. The van der Waals surface area contributed by atoms with Crippen molar-refractivity contribution in [1.29, 1.82) is 0 Å². The lowest BCUT2D eigenvalue weighted by Crippen LogP contribution is -2.67. The van der Waals surface area contributed by atoms with Crippen molar-refractivity contribution in [2.24, 2.45) is 11.3 Å². The van der Waals surface area contributed by atoms with Crippen LogP contribution in [0.3, 0.4) is 0 Å². The lowest BCUT2D eigenvalue weighted by Gasteiger charge is -2.49. The quantitative estimate of drug-likeness (QED) is 0.0562. The first kappa shape index (κ1) is 104. The number of Topliss-reactive ketones (excluding diaryl/α,β-unsaturated/α-hetero) is 9. The van der Waals surface area contributed by atoms with Crippen LogP contribution in [-0.4, -0.2) is 207 Å². The SMILES string of the molecule is CC12CCCc3coc(c31)C(=O)c1cc3c(cc12)C(=O)C1=C(C3=O)S(=O)(=O)CCC1.CC12CCCc3coc(c31)C(=O)c1cc3c(cc12)C(=O)C=CC3=O.CCc1c(C)cc2c(c1O)C(=O)C1=C(C2=O)C(C)(C)OC1(O)C(=O)OC.CCc1c(C)cc2c(c1O)C(=O)C1=C(C2=O)C(C)(C)OC1(OC)C(=O)OC.CCc1c(C)cc2c(c1O)C(=O)C1OC(C)(C(=O)OC)C(=O)C(C)(C)C1C2=O.O=C1C=CC(=O)c2c(O)cccc21. The fraction of sp³-hybridized carbons (Fsp3) is 0.363. The summed E-state index contributed by atoms with van der Waals surface area (Å²) in [4.78, 5) is 229. The van der Waals surface area contributed by atoms with Gasteiger partial charge in [0.1, 0.15) is 34.0 Å². The van der Waals surface area contributed by atoms with Crippen LogP contribution in [0.4, 0.5) is 0 Å². The molecule has 6 heterocycles. The van der Waals surface area contributed by atoms with Crippen LogP contribution in [-0.2, 0) is 105 Å². The van der Waals surface area contributed by atoms with E-state index in [4.69, 9.17) is 37.3 Å². The Bertz CT molecular complexity index is 7880. The normalized spacial score (nSPS) is 24.3. The molecule has 10 aliphatic carbocycles. The summed E-state index contributed by atoms with van der Waals surface area (Å²) < 4.78 is 72.6. The van der Waals surface area contributed by atoms with Crippen molar-refractivity contribution in [3.8, 4) is 23.0 Å². The van der Waals surface area contributed by atoms with E-state index in [-0.39, 0.29) is 158 Å². The molecular weight excluding hydrogens is 1930 g/mol. The summed E-state index contributed by atoms with van der Waals surface area (Å²) in [7, 11) is 0.688. The molecule has 4 aliphatic heterocycles. The fourth-order valence-corrected chi connectivity index (χ4v) is 25.7. The molecule has 0 amide bonds. The number of carbonyl (C=O) groups excluding carboxylic acids is 18. The number of aryl methyl sites for hydroxylation is 5. The summed E-state index contributed by atoms with van der Waals surface area (Å²) in [6.07, 6.45) is 14.3. The first-order valence-electron chi connectivity index (χ1n) is 48.0. The van der Waals surface area contributed by atoms with Crippen LogP contribution < -0.4 is 0 Å². The van der Waals surface area contributed by atoms with Gasteiger partial charge in [-0.15, -0.1) is 0 Å². The van der Waals surface area contributed by atoms with Crippen molar-refractivity contribution >= 4 is 114 Å². The van der Waals surface area contributed by atoms with Crippen LogP contribution >= 0.6 is 0 Å². The van der Waals surface area contributed by atoms with E-state index in [0.29, 0.717) is 92.8 Å². The number of ether oxygens (including phenoxy) is 7. The van der Waals surface area contributed by atoms with Crippen LogP contribution in [0.1, 0.15) is 345 Å². The summed E-state index contributed by atoms with van der Waals surface area (Å²) in [6.45, 7) is 25.3. The van der Waals surface area contributed by atoms with E-state index in [1.807, 2.05) is 20.8 Å². The highest BCUT2D eigenvalue weighted by molar-refractivity contribution is 7.96. The van der Waals surface area contributed by atoms with Crippen molar-refractivity contribution in [3.63, 3.8) is 0 Å². The second kappa shape index (κ2) is 36.2. The average molecular weight is 2040 g/mol. The molecular formula is C113H104O34S. The third kappa shape index (κ3) is 15.2. The molecule has 766 valence electrons. The molecule has 1 saturated heterocycles. The molecule has 1 fully saturated rings. The van der Waals surface area contributed by atoms with Gasteiger partial charge in [-0.1, -0.05) is 60.6 Å². The standard InChI is InChI=1S/C23H18O6S.C21H24O7.C20H22O7.C20H14O4.C19H20O7.C10H6O3/c1-23-6-2-4-11-10-29-21(17(11)23)19(25)15-8-13-14(9-16(15)23)18(24)12-5-3-7-30(27,28)22(12)20(13)26;1-7-10-9(2)8-11-12(14(10)22)16(24)17-13(15(11)23)20(3,4)18(25)21(5,28-17)19(26)27-6;1-7-10-9(2)8-11-12(15(10)21)17(23)14-13(16(11)22)19(3,4)27-20(14,26-6)18(24)25-5;1-20-6-2-3-10-9-24-19(17(10)20)18(23)13-7-11-12(8-14(13)20)16(22)5-4-15(11)21;1-6-9-8(2)7-10-11(14(9)20)16(22)13-12(15(10)21)18(3,4)26-19(13,24)17(23)25-5;11-7-4-5-9(13)10-6(7)2-1-3-8(10)12/h8-10H,2-7H2,1H3;8,13,17,22H,7H2,1-6H3;8,21H,7H2,1-6H3;4-5,7-9H,2-3,6H2,1H3;7,20,24H,6H2,1-5H3;1-5,12H. The maximum atomic E-state index is 13.4. The Kier molecular flexibility index (Phi) is 25.6. The molecule has 2 aromatic heterocycles. The Hall–Kier alpha value is -15.0. The van der Waals surface area contributed by atoms with E-state index >= 15 is 0 Å². The lowest BCUT2D eigenvalue weighted by molar-refractivity contribution is -0.233. The summed E-state index contributed by atoms with van der Waals surface area (Å²) in [6, 6.07) is 15.6. The number of rotatable bonds is 7. The highest BCUT2D eigenvalue weighted by Crippen LogP contribution is 2.58. The number of hydrogen-bond acceptors (Lipinski definition) is 34. The number of aromatic hydroxyl groups is 4. The van der Waals surface area contributed by atoms with E-state index in [1.165, 1.54) is 84.2 Å². The number of fused-ring (bicyclic) bond motifs is 11. The minimum Gasteiger partial charge on any atom is -0.507 e.